The summed E-state index contributed by atoms with van der Waals surface area (Å²) in [5.74, 6) is -0.359. The van der Waals surface area contributed by atoms with Crippen LogP contribution in [-0.2, 0) is 17.6 Å². The van der Waals surface area contributed by atoms with Gasteiger partial charge in [0.1, 0.15) is 5.82 Å². The second kappa shape index (κ2) is 6.50. The predicted octanol–water partition coefficient (Wildman–Crippen LogP) is 3.28. The van der Waals surface area contributed by atoms with Crippen molar-refractivity contribution in [1.29, 1.82) is 0 Å². The van der Waals surface area contributed by atoms with Crippen LogP contribution in [-0.4, -0.2) is 22.4 Å². The lowest BCUT2D eigenvalue weighted by atomic mass is 10.1. The molecule has 0 saturated heterocycles. The molecule has 0 spiro atoms. The number of hydrogen-bond acceptors (Lipinski definition) is 3. The number of carbonyl (C=O) groups is 1. The largest absolute Gasteiger partial charge is 0.358 e. The zero-order valence-corrected chi connectivity index (χ0v) is 13.9. The van der Waals surface area contributed by atoms with Gasteiger partial charge in [0, 0.05) is 34.9 Å². The van der Waals surface area contributed by atoms with E-state index in [0.29, 0.717) is 6.54 Å². The van der Waals surface area contributed by atoms with Crippen LogP contribution in [0.3, 0.4) is 0 Å². The Morgan fingerprint density at radius 2 is 2.22 bits per heavy atom. The first-order valence-corrected chi connectivity index (χ1v) is 8.35. The standard InChI is InChI=1S/C17H18FN3OS/c1-10-14(15-7-12(18)3-4-16(15)20-10)8-17(22)19-6-5-13-9-23-11(2)21-13/h3-4,7,9,20H,5-6,8H2,1-2H3,(H,19,22). The monoisotopic (exact) mass is 331 g/mol. The van der Waals surface area contributed by atoms with Crippen LogP contribution in [0.1, 0.15) is 22.0 Å². The Hall–Kier alpha value is -2.21. The molecule has 0 bridgehead atoms. The van der Waals surface area contributed by atoms with E-state index in [1.807, 2.05) is 19.2 Å². The minimum Gasteiger partial charge on any atom is -0.358 e. The normalized spacial score (nSPS) is 11.1. The van der Waals surface area contributed by atoms with Gasteiger partial charge in [0.15, 0.2) is 0 Å². The number of thiazole rings is 1. The fourth-order valence-electron chi connectivity index (χ4n) is 2.66. The molecule has 0 aliphatic carbocycles. The molecule has 2 N–H and O–H groups in total. The maximum atomic E-state index is 13.4. The fraction of sp³-hybridized carbons (Fsp3) is 0.294. The van der Waals surface area contributed by atoms with E-state index in [1.165, 1.54) is 12.1 Å². The summed E-state index contributed by atoms with van der Waals surface area (Å²) in [5, 5.41) is 6.71. The lowest BCUT2D eigenvalue weighted by molar-refractivity contribution is -0.120. The van der Waals surface area contributed by atoms with E-state index >= 15 is 0 Å². The Labute approximate surface area is 137 Å². The molecular weight excluding hydrogens is 313 g/mol. The quantitative estimate of drug-likeness (QED) is 0.754. The van der Waals surface area contributed by atoms with Crippen molar-refractivity contribution < 1.29 is 9.18 Å². The van der Waals surface area contributed by atoms with Gasteiger partial charge in [-0.05, 0) is 37.6 Å². The number of aromatic amines is 1. The number of amides is 1. The molecule has 0 saturated carbocycles. The van der Waals surface area contributed by atoms with E-state index in [-0.39, 0.29) is 18.1 Å². The number of nitrogens with one attached hydrogen (secondary N) is 2. The Morgan fingerprint density at radius 3 is 2.96 bits per heavy atom. The van der Waals surface area contributed by atoms with Gasteiger partial charge in [-0.15, -0.1) is 11.3 Å². The maximum Gasteiger partial charge on any atom is 0.224 e. The number of aryl methyl sites for hydroxylation is 2. The van der Waals surface area contributed by atoms with E-state index in [0.717, 1.165) is 39.3 Å². The molecule has 4 nitrogen and oxygen atoms in total. The molecule has 0 aliphatic heterocycles. The van der Waals surface area contributed by atoms with Gasteiger partial charge in [0.2, 0.25) is 5.91 Å². The molecule has 2 aromatic heterocycles. The van der Waals surface area contributed by atoms with E-state index in [2.05, 4.69) is 15.3 Å². The summed E-state index contributed by atoms with van der Waals surface area (Å²) < 4.78 is 13.4. The highest BCUT2D eigenvalue weighted by molar-refractivity contribution is 7.09. The number of H-pyrrole nitrogens is 1. The van der Waals surface area contributed by atoms with Gasteiger partial charge in [-0.3, -0.25) is 4.79 Å². The Balaban J connectivity index is 1.63. The number of nitrogens with zero attached hydrogens (tertiary/aromatic N) is 1. The smallest absolute Gasteiger partial charge is 0.224 e. The molecule has 6 heteroatoms. The average Bonchev–Trinajstić information content (AvgIpc) is 3.04. The number of benzene rings is 1. The van der Waals surface area contributed by atoms with Crippen molar-refractivity contribution in [3.05, 3.63) is 51.4 Å². The summed E-state index contributed by atoms with van der Waals surface area (Å²) >= 11 is 1.61. The molecule has 0 atom stereocenters. The number of halogens is 1. The molecule has 3 aromatic rings. The van der Waals surface area contributed by atoms with Crippen molar-refractivity contribution in [2.24, 2.45) is 0 Å². The Bertz CT molecular complexity index is 853. The molecule has 1 aromatic carbocycles. The molecule has 23 heavy (non-hydrogen) atoms. The summed E-state index contributed by atoms with van der Waals surface area (Å²) in [6, 6.07) is 4.58. The summed E-state index contributed by atoms with van der Waals surface area (Å²) in [6.07, 6.45) is 0.961. The molecular formula is C17H18FN3OS. The molecule has 3 rings (SSSR count). The van der Waals surface area contributed by atoms with Crippen LogP contribution >= 0.6 is 11.3 Å². The van der Waals surface area contributed by atoms with Gasteiger partial charge in [-0.1, -0.05) is 0 Å². The van der Waals surface area contributed by atoms with Crippen LogP contribution in [0.5, 0.6) is 0 Å². The number of rotatable bonds is 5. The Morgan fingerprint density at radius 1 is 1.39 bits per heavy atom. The van der Waals surface area contributed by atoms with Crippen LogP contribution in [0, 0.1) is 19.7 Å². The highest BCUT2D eigenvalue weighted by Gasteiger charge is 2.13. The summed E-state index contributed by atoms with van der Waals surface area (Å²) in [4.78, 5) is 19.7. The topological polar surface area (TPSA) is 57.8 Å². The summed E-state index contributed by atoms with van der Waals surface area (Å²) in [7, 11) is 0. The van der Waals surface area contributed by atoms with Gasteiger partial charge < -0.3 is 10.3 Å². The molecule has 1 amide bonds. The van der Waals surface area contributed by atoms with Crippen molar-refractivity contribution in [3.63, 3.8) is 0 Å². The lowest BCUT2D eigenvalue weighted by Crippen LogP contribution is -2.27. The maximum absolute atomic E-state index is 13.4. The van der Waals surface area contributed by atoms with E-state index in [4.69, 9.17) is 0 Å². The van der Waals surface area contributed by atoms with Crippen LogP contribution in [0.15, 0.2) is 23.6 Å². The zero-order chi connectivity index (χ0) is 16.4. The second-order valence-electron chi connectivity index (χ2n) is 5.55. The minimum absolute atomic E-state index is 0.0646. The first-order valence-electron chi connectivity index (χ1n) is 7.47. The van der Waals surface area contributed by atoms with Crippen molar-refractivity contribution in [2.45, 2.75) is 26.7 Å². The van der Waals surface area contributed by atoms with Crippen LogP contribution in [0.4, 0.5) is 4.39 Å². The Kier molecular flexibility index (Phi) is 4.43. The number of aromatic nitrogens is 2. The lowest BCUT2D eigenvalue weighted by Gasteiger charge is -2.05. The third-order valence-corrected chi connectivity index (χ3v) is 4.61. The highest BCUT2D eigenvalue weighted by Crippen LogP contribution is 2.23. The van der Waals surface area contributed by atoms with Gasteiger partial charge in [0.05, 0.1) is 17.1 Å². The van der Waals surface area contributed by atoms with Gasteiger partial charge >= 0.3 is 0 Å². The van der Waals surface area contributed by atoms with Crippen molar-refractivity contribution in [1.82, 2.24) is 15.3 Å². The van der Waals surface area contributed by atoms with Crippen LogP contribution < -0.4 is 5.32 Å². The van der Waals surface area contributed by atoms with Gasteiger partial charge in [0.25, 0.3) is 0 Å². The van der Waals surface area contributed by atoms with Crippen LogP contribution in [0.2, 0.25) is 0 Å². The third kappa shape index (κ3) is 3.59. The third-order valence-electron chi connectivity index (χ3n) is 3.79. The molecule has 0 radical (unpaired) electrons. The fourth-order valence-corrected chi connectivity index (χ4v) is 3.31. The second-order valence-corrected chi connectivity index (χ2v) is 6.62. The van der Waals surface area contributed by atoms with Crippen molar-refractivity contribution in [3.8, 4) is 0 Å². The number of hydrogen-bond donors (Lipinski definition) is 2. The van der Waals surface area contributed by atoms with E-state index in [9.17, 15) is 9.18 Å². The average molecular weight is 331 g/mol. The molecule has 120 valence electrons. The molecule has 0 fully saturated rings. The summed E-state index contributed by atoms with van der Waals surface area (Å²) in [6.45, 7) is 4.42. The zero-order valence-electron chi connectivity index (χ0n) is 13.1. The molecule has 2 heterocycles. The summed E-state index contributed by atoms with van der Waals surface area (Å²) in [5.41, 5.74) is 3.60. The minimum atomic E-state index is -0.294. The predicted molar refractivity (Wildman–Crippen MR) is 90.3 cm³/mol. The van der Waals surface area contributed by atoms with Crippen LogP contribution in [0.25, 0.3) is 10.9 Å². The van der Waals surface area contributed by atoms with Gasteiger partial charge in [-0.2, -0.15) is 0 Å². The van der Waals surface area contributed by atoms with Crippen molar-refractivity contribution >= 4 is 28.1 Å². The first kappa shape index (κ1) is 15.7. The molecule has 0 aliphatic rings. The first-order chi connectivity index (χ1) is 11.0. The molecule has 0 unspecified atom stereocenters. The number of fused-ring (bicyclic) bond motifs is 1. The highest BCUT2D eigenvalue weighted by atomic mass is 32.1. The van der Waals surface area contributed by atoms with Crippen molar-refractivity contribution in [2.75, 3.05) is 6.54 Å². The number of carbonyl (C=O) groups excluding carboxylic acids is 1. The van der Waals surface area contributed by atoms with Gasteiger partial charge in [-0.25, -0.2) is 9.37 Å². The van der Waals surface area contributed by atoms with E-state index < -0.39 is 0 Å². The SMILES string of the molecule is Cc1nc(CCNC(=O)Cc2c(C)[nH]c3ccc(F)cc23)cs1. The van der Waals surface area contributed by atoms with E-state index in [1.54, 1.807) is 17.4 Å².